The maximum Gasteiger partial charge on any atom is 0.104 e. The van der Waals surface area contributed by atoms with E-state index in [2.05, 4.69) is 47.2 Å². The number of rotatable bonds is 5. The fourth-order valence-corrected chi connectivity index (χ4v) is 2.37. The van der Waals surface area contributed by atoms with Gasteiger partial charge in [0.25, 0.3) is 0 Å². The molecular formula is C14H21N3O. The first-order chi connectivity index (χ1) is 8.61. The Kier molecular flexibility index (Phi) is 3.99. The third kappa shape index (κ3) is 2.71. The molecule has 0 saturated heterocycles. The van der Waals surface area contributed by atoms with Crippen molar-refractivity contribution in [3.63, 3.8) is 0 Å². The normalized spacial score (nSPS) is 13.4. The van der Waals surface area contributed by atoms with Crippen LogP contribution in [0.4, 0.5) is 0 Å². The SMILES string of the molecule is Cc1nc2ccc(C(CCCO)N(C)C)cc2[nH]1. The van der Waals surface area contributed by atoms with Crippen LogP contribution in [-0.2, 0) is 0 Å². The maximum atomic E-state index is 8.98. The zero-order valence-corrected chi connectivity index (χ0v) is 11.3. The van der Waals surface area contributed by atoms with E-state index in [1.807, 2.05) is 6.92 Å². The number of benzene rings is 1. The molecule has 0 aliphatic carbocycles. The van der Waals surface area contributed by atoms with Gasteiger partial charge in [-0.15, -0.1) is 0 Å². The molecule has 1 aromatic carbocycles. The minimum absolute atomic E-state index is 0.246. The van der Waals surface area contributed by atoms with E-state index in [1.54, 1.807) is 0 Å². The smallest absolute Gasteiger partial charge is 0.104 e. The van der Waals surface area contributed by atoms with Crippen molar-refractivity contribution in [3.8, 4) is 0 Å². The third-order valence-corrected chi connectivity index (χ3v) is 3.27. The van der Waals surface area contributed by atoms with Crippen molar-refractivity contribution in [2.24, 2.45) is 0 Å². The van der Waals surface area contributed by atoms with Crippen LogP contribution in [0.2, 0.25) is 0 Å². The van der Waals surface area contributed by atoms with E-state index in [0.29, 0.717) is 6.04 Å². The predicted octanol–water partition coefficient (Wildman–Crippen LogP) is 2.25. The van der Waals surface area contributed by atoms with Gasteiger partial charge in [0.2, 0.25) is 0 Å². The molecule has 4 nitrogen and oxygen atoms in total. The summed E-state index contributed by atoms with van der Waals surface area (Å²) in [7, 11) is 4.15. The van der Waals surface area contributed by atoms with Gasteiger partial charge in [-0.05, 0) is 51.6 Å². The Labute approximate surface area is 108 Å². The van der Waals surface area contributed by atoms with Crippen LogP contribution in [0.3, 0.4) is 0 Å². The summed E-state index contributed by atoms with van der Waals surface area (Å²) in [6, 6.07) is 6.69. The summed E-state index contributed by atoms with van der Waals surface area (Å²) in [6.45, 7) is 2.21. The largest absolute Gasteiger partial charge is 0.396 e. The standard InChI is InChI=1S/C14H21N3O/c1-10-15-12-7-6-11(9-13(12)16-10)14(17(2)3)5-4-8-18/h6-7,9,14,18H,4-5,8H2,1-3H3,(H,15,16). The van der Waals surface area contributed by atoms with Crippen LogP contribution in [0.1, 0.15) is 30.3 Å². The first-order valence-corrected chi connectivity index (χ1v) is 6.35. The molecule has 1 atom stereocenters. The van der Waals surface area contributed by atoms with Crippen molar-refractivity contribution < 1.29 is 5.11 Å². The average Bonchev–Trinajstić information content (AvgIpc) is 2.68. The number of hydrogen-bond donors (Lipinski definition) is 2. The van der Waals surface area contributed by atoms with Gasteiger partial charge in [-0.1, -0.05) is 6.07 Å². The van der Waals surface area contributed by atoms with Gasteiger partial charge in [0, 0.05) is 12.6 Å². The van der Waals surface area contributed by atoms with E-state index in [0.717, 1.165) is 29.7 Å². The van der Waals surface area contributed by atoms with Crippen LogP contribution >= 0.6 is 0 Å². The van der Waals surface area contributed by atoms with Crippen LogP contribution in [0.25, 0.3) is 11.0 Å². The fraction of sp³-hybridized carbons (Fsp3) is 0.500. The summed E-state index contributed by atoms with van der Waals surface area (Å²) in [5, 5.41) is 8.98. The number of aromatic amines is 1. The zero-order chi connectivity index (χ0) is 13.1. The Morgan fingerprint density at radius 2 is 2.17 bits per heavy atom. The summed E-state index contributed by atoms with van der Waals surface area (Å²) >= 11 is 0. The highest BCUT2D eigenvalue weighted by Gasteiger charge is 2.14. The van der Waals surface area contributed by atoms with Gasteiger partial charge in [-0.25, -0.2) is 4.98 Å². The minimum Gasteiger partial charge on any atom is -0.396 e. The Hall–Kier alpha value is -1.39. The Morgan fingerprint density at radius 1 is 1.39 bits per heavy atom. The molecule has 98 valence electrons. The molecule has 1 unspecified atom stereocenters. The highest BCUT2D eigenvalue weighted by Crippen LogP contribution is 2.25. The third-order valence-electron chi connectivity index (χ3n) is 3.27. The van der Waals surface area contributed by atoms with E-state index >= 15 is 0 Å². The monoisotopic (exact) mass is 247 g/mol. The molecule has 0 aliphatic rings. The molecule has 1 aromatic heterocycles. The van der Waals surface area contributed by atoms with Crippen LogP contribution in [0.5, 0.6) is 0 Å². The number of nitrogens with zero attached hydrogens (tertiary/aromatic N) is 2. The first-order valence-electron chi connectivity index (χ1n) is 6.35. The first kappa shape index (κ1) is 13.1. The molecule has 2 N–H and O–H groups in total. The lowest BCUT2D eigenvalue weighted by Crippen LogP contribution is -2.20. The number of fused-ring (bicyclic) bond motifs is 1. The molecular weight excluding hydrogens is 226 g/mol. The van der Waals surface area contributed by atoms with Crippen molar-refractivity contribution in [2.45, 2.75) is 25.8 Å². The molecule has 0 aliphatic heterocycles. The molecule has 0 amide bonds. The molecule has 2 aromatic rings. The van der Waals surface area contributed by atoms with Crippen LogP contribution in [0, 0.1) is 6.92 Å². The Morgan fingerprint density at radius 3 is 2.83 bits per heavy atom. The van der Waals surface area contributed by atoms with Crippen molar-refractivity contribution >= 4 is 11.0 Å². The highest BCUT2D eigenvalue weighted by molar-refractivity contribution is 5.75. The fourth-order valence-electron chi connectivity index (χ4n) is 2.37. The summed E-state index contributed by atoms with van der Waals surface area (Å²) in [5.74, 6) is 0.943. The molecule has 0 spiro atoms. The second-order valence-corrected chi connectivity index (χ2v) is 4.94. The van der Waals surface area contributed by atoms with E-state index in [1.165, 1.54) is 5.56 Å². The second-order valence-electron chi connectivity index (χ2n) is 4.94. The van der Waals surface area contributed by atoms with Crippen molar-refractivity contribution in [1.82, 2.24) is 14.9 Å². The number of aryl methyl sites for hydroxylation is 1. The molecule has 18 heavy (non-hydrogen) atoms. The molecule has 0 fully saturated rings. The number of aromatic nitrogens is 2. The van der Waals surface area contributed by atoms with Crippen molar-refractivity contribution in [2.75, 3.05) is 20.7 Å². The molecule has 0 radical (unpaired) electrons. The average molecular weight is 247 g/mol. The van der Waals surface area contributed by atoms with E-state index in [9.17, 15) is 0 Å². The second kappa shape index (κ2) is 5.50. The number of nitrogens with one attached hydrogen (secondary N) is 1. The van der Waals surface area contributed by atoms with Gasteiger partial charge >= 0.3 is 0 Å². The number of imidazole rings is 1. The lowest BCUT2D eigenvalue weighted by atomic mass is 10.0. The van der Waals surface area contributed by atoms with E-state index < -0.39 is 0 Å². The minimum atomic E-state index is 0.246. The number of aliphatic hydroxyl groups is 1. The van der Waals surface area contributed by atoms with Crippen molar-refractivity contribution in [3.05, 3.63) is 29.6 Å². The number of H-pyrrole nitrogens is 1. The number of hydrogen-bond acceptors (Lipinski definition) is 3. The summed E-state index contributed by atoms with van der Waals surface area (Å²) in [4.78, 5) is 9.88. The van der Waals surface area contributed by atoms with Gasteiger partial charge in [0.15, 0.2) is 0 Å². The molecule has 0 bridgehead atoms. The topological polar surface area (TPSA) is 52.2 Å². The maximum absolute atomic E-state index is 8.98. The van der Waals surface area contributed by atoms with Crippen LogP contribution in [-0.4, -0.2) is 40.7 Å². The van der Waals surface area contributed by atoms with Crippen molar-refractivity contribution in [1.29, 1.82) is 0 Å². The molecule has 4 heteroatoms. The van der Waals surface area contributed by atoms with Crippen LogP contribution < -0.4 is 0 Å². The summed E-state index contributed by atoms with van der Waals surface area (Å²) < 4.78 is 0. The van der Waals surface area contributed by atoms with Gasteiger partial charge in [0.1, 0.15) is 5.82 Å². The van der Waals surface area contributed by atoms with Gasteiger partial charge in [-0.2, -0.15) is 0 Å². The van der Waals surface area contributed by atoms with E-state index in [4.69, 9.17) is 5.11 Å². The Balaban J connectivity index is 2.31. The van der Waals surface area contributed by atoms with Gasteiger partial charge < -0.3 is 15.0 Å². The van der Waals surface area contributed by atoms with Gasteiger partial charge in [-0.3, -0.25) is 0 Å². The predicted molar refractivity (Wildman–Crippen MR) is 73.6 cm³/mol. The summed E-state index contributed by atoms with van der Waals surface area (Å²) in [6.07, 6.45) is 1.78. The van der Waals surface area contributed by atoms with Gasteiger partial charge in [0.05, 0.1) is 11.0 Å². The highest BCUT2D eigenvalue weighted by atomic mass is 16.2. The molecule has 1 heterocycles. The zero-order valence-electron chi connectivity index (χ0n) is 11.3. The number of aliphatic hydroxyl groups excluding tert-OH is 1. The molecule has 0 saturated carbocycles. The quantitative estimate of drug-likeness (QED) is 0.852. The lowest BCUT2D eigenvalue weighted by molar-refractivity contribution is 0.235. The summed E-state index contributed by atoms with van der Waals surface area (Å²) in [5.41, 5.74) is 3.36. The van der Waals surface area contributed by atoms with E-state index in [-0.39, 0.29) is 6.61 Å². The molecule has 2 rings (SSSR count). The Bertz CT molecular complexity index is 519. The van der Waals surface area contributed by atoms with Crippen LogP contribution in [0.15, 0.2) is 18.2 Å². The lowest BCUT2D eigenvalue weighted by Gasteiger charge is -2.24.